The topological polar surface area (TPSA) is 38.3 Å². The Bertz CT molecular complexity index is 457. The summed E-state index contributed by atoms with van der Waals surface area (Å²) in [6, 6.07) is 3.42. The van der Waals surface area contributed by atoms with Crippen molar-refractivity contribution < 1.29 is 22.7 Å². The molecule has 1 heterocycles. The predicted octanol–water partition coefficient (Wildman–Crippen LogP) is 2.79. The molecule has 92 valence electrons. The zero-order valence-corrected chi connectivity index (χ0v) is 8.97. The van der Waals surface area contributed by atoms with Crippen molar-refractivity contribution >= 4 is 6.09 Å². The van der Waals surface area contributed by atoms with Gasteiger partial charge in [0.2, 0.25) is 0 Å². The van der Waals surface area contributed by atoms with E-state index in [0.29, 0.717) is 11.1 Å². The fraction of sp³-hybridized carbons (Fsp3) is 0.364. The Labute approximate surface area is 95.6 Å². The molecule has 1 aliphatic rings. The normalized spacial score (nSPS) is 20.0. The first-order valence-corrected chi connectivity index (χ1v) is 5.00. The van der Waals surface area contributed by atoms with Gasteiger partial charge in [-0.15, -0.1) is 0 Å². The lowest BCUT2D eigenvalue weighted by Crippen LogP contribution is -2.13. The van der Waals surface area contributed by atoms with Crippen LogP contribution in [0.15, 0.2) is 18.2 Å². The van der Waals surface area contributed by atoms with Gasteiger partial charge in [-0.05, 0) is 30.2 Å². The molecular weight excluding hydrogens is 235 g/mol. The number of carbonyl (C=O) groups excluding carboxylic acids is 1. The van der Waals surface area contributed by atoms with Crippen LogP contribution >= 0.6 is 0 Å². The van der Waals surface area contributed by atoms with E-state index >= 15 is 0 Å². The number of ether oxygens (including phenoxy) is 1. The Morgan fingerprint density at radius 1 is 1.41 bits per heavy atom. The molecule has 1 atom stereocenters. The van der Waals surface area contributed by atoms with Gasteiger partial charge in [-0.25, -0.2) is 4.79 Å². The summed E-state index contributed by atoms with van der Waals surface area (Å²) in [7, 11) is 0. The van der Waals surface area contributed by atoms with Gasteiger partial charge in [0.1, 0.15) is 6.10 Å². The van der Waals surface area contributed by atoms with Crippen LogP contribution in [0.5, 0.6) is 0 Å². The highest BCUT2D eigenvalue weighted by atomic mass is 19.4. The minimum Gasteiger partial charge on any atom is -0.439 e. The number of halogens is 3. The Kier molecular flexibility index (Phi) is 2.73. The molecule has 0 unspecified atom stereocenters. The second-order valence-corrected chi connectivity index (χ2v) is 3.84. The van der Waals surface area contributed by atoms with Crippen LogP contribution < -0.4 is 5.32 Å². The molecule has 17 heavy (non-hydrogen) atoms. The van der Waals surface area contributed by atoms with Crippen LogP contribution in [0.3, 0.4) is 0 Å². The number of rotatable bonds is 1. The molecule has 0 saturated carbocycles. The van der Waals surface area contributed by atoms with Gasteiger partial charge in [0.25, 0.3) is 0 Å². The van der Waals surface area contributed by atoms with Gasteiger partial charge in [-0.1, -0.05) is 6.07 Å². The smallest absolute Gasteiger partial charge is 0.416 e. The third-order valence-electron chi connectivity index (χ3n) is 2.63. The maximum absolute atomic E-state index is 12.5. The fourth-order valence-electron chi connectivity index (χ4n) is 1.73. The van der Waals surface area contributed by atoms with Crippen molar-refractivity contribution in [2.24, 2.45) is 0 Å². The van der Waals surface area contributed by atoms with Gasteiger partial charge in [0, 0.05) is 0 Å². The minimum atomic E-state index is -4.39. The molecule has 1 aromatic carbocycles. The van der Waals surface area contributed by atoms with Crippen molar-refractivity contribution in [3.05, 3.63) is 34.9 Å². The van der Waals surface area contributed by atoms with Crippen LogP contribution in [-0.2, 0) is 10.9 Å². The molecule has 0 radical (unpaired) electrons. The number of alkyl halides is 3. The maximum atomic E-state index is 12.5. The third-order valence-corrected chi connectivity index (χ3v) is 2.63. The molecule has 1 fully saturated rings. The number of alkyl carbamates (subject to hydrolysis) is 1. The lowest BCUT2D eigenvalue weighted by Gasteiger charge is -2.14. The molecule has 6 heteroatoms. The van der Waals surface area contributed by atoms with E-state index in [2.05, 4.69) is 5.32 Å². The Hall–Kier alpha value is -1.72. The number of hydrogen-bond donors (Lipinski definition) is 1. The molecule has 0 bridgehead atoms. The van der Waals surface area contributed by atoms with Crippen LogP contribution in [0.4, 0.5) is 18.0 Å². The summed E-state index contributed by atoms with van der Waals surface area (Å²) in [5.74, 6) is 0. The van der Waals surface area contributed by atoms with Gasteiger partial charge < -0.3 is 10.1 Å². The quantitative estimate of drug-likeness (QED) is 0.826. The summed E-state index contributed by atoms with van der Waals surface area (Å²) < 4.78 is 42.5. The SMILES string of the molecule is Cc1ccc(C(F)(F)F)cc1[C@H]1CNC(=O)O1. The average Bonchev–Trinajstić information content (AvgIpc) is 2.63. The second kappa shape index (κ2) is 3.94. The predicted molar refractivity (Wildman–Crippen MR) is 53.4 cm³/mol. The highest BCUT2D eigenvalue weighted by Gasteiger charge is 2.33. The van der Waals surface area contributed by atoms with Gasteiger partial charge in [0.05, 0.1) is 12.1 Å². The Morgan fingerprint density at radius 2 is 2.12 bits per heavy atom. The zero-order chi connectivity index (χ0) is 12.6. The van der Waals surface area contributed by atoms with Crippen LogP contribution in [0.25, 0.3) is 0 Å². The van der Waals surface area contributed by atoms with E-state index in [1.54, 1.807) is 6.92 Å². The van der Waals surface area contributed by atoms with Gasteiger partial charge in [-0.3, -0.25) is 0 Å². The summed E-state index contributed by atoms with van der Waals surface area (Å²) in [6.45, 7) is 1.88. The van der Waals surface area contributed by atoms with Crippen molar-refractivity contribution in [2.45, 2.75) is 19.2 Å². The molecule has 0 spiro atoms. The summed E-state index contributed by atoms with van der Waals surface area (Å²) in [4.78, 5) is 10.9. The Balaban J connectivity index is 2.36. The lowest BCUT2D eigenvalue weighted by atomic mass is 10.0. The fourth-order valence-corrected chi connectivity index (χ4v) is 1.73. The molecule has 1 aromatic rings. The summed E-state index contributed by atoms with van der Waals surface area (Å²) in [5, 5.41) is 2.41. The van der Waals surface area contributed by atoms with Crippen molar-refractivity contribution in [3.63, 3.8) is 0 Å². The van der Waals surface area contributed by atoms with E-state index < -0.39 is 23.9 Å². The van der Waals surface area contributed by atoms with E-state index in [4.69, 9.17) is 4.74 Å². The van der Waals surface area contributed by atoms with E-state index in [-0.39, 0.29) is 6.54 Å². The van der Waals surface area contributed by atoms with E-state index in [0.717, 1.165) is 12.1 Å². The first-order chi connectivity index (χ1) is 7.88. The van der Waals surface area contributed by atoms with Gasteiger partial charge in [-0.2, -0.15) is 13.2 Å². The number of nitrogens with one attached hydrogen (secondary N) is 1. The highest BCUT2D eigenvalue weighted by molar-refractivity contribution is 5.69. The third kappa shape index (κ3) is 2.35. The van der Waals surface area contributed by atoms with Crippen LogP contribution in [0.1, 0.15) is 22.8 Å². The first kappa shape index (κ1) is 11.8. The number of benzene rings is 1. The first-order valence-electron chi connectivity index (χ1n) is 5.00. The standard InChI is InChI=1S/C11H10F3NO2/c1-6-2-3-7(11(12,13)14)4-8(6)9-5-15-10(16)17-9/h2-4,9H,5H2,1H3,(H,15,16)/t9-/m1/s1. The molecule has 2 rings (SSSR count). The number of cyclic esters (lactones) is 1. The van der Waals surface area contributed by atoms with Crippen molar-refractivity contribution in [3.8, 4) is 0 Å². The molecule has 3 nitrogen and oxygen atoms in total. The molecule has 0 aromatic heterocycles. The minimum absolute atomic E-state index is 0.195. The largest absolute Gasteiger partial charge is 0.439 e. The van der Waals surface area contributed by atoms with Crippen molar-refractivity contribution in [1.82, 2.24) is 5.32 Å². The monoisotopic (exact) mass is 245 g/mol. The van der Waals surface area contributed by atoms with E-state index in [1.165, 1.54) is 6.07 Å². The van der Waals surface area contributed by atoms with Crippen molar-refractivity contribution in [2.75, 3.05) is 6.54 Å². The number of carbonyl (C=O) groups is 1. The molecular formula is C11H10F3NO2. The highest BCUT2D eigenvalue weighted by Crippen LogP contribution is 2.33. The zero-order valence-electron chi connectivity index (χ0n) is 8.97. The average molecular weight is 245 g/mol. The van der Waals surface area contributed by atoms with E-state index in [9.17, 15) is 18.0 Å². The van der Waals surface area contributed by atoms with E-state index in [1.807, 2.05) is 0 Å². The molecule has 1 amide bonds. The molecule has 1 N–H and O–H groups in total. The summed E-state index contributed by atoms with van der Waals surface area (Å²) in [6.07, 6.45) is -5.64. The van der Waals surface area contributed by atoms with Crippen LogP contribution in [-0.4, -0.2) is 12.6 Å². The second-order valence-electron chi connectivity index (χ2n) is 3.84. The summed E-state index contributed by atoms with van der Waals surface area (Å²) in [5.41, 5.74) is 0.318. The van der Waals surface area contributed by atoms with Crippen LogP contribution in [0, 0.1) is 6.92 Å². The molecule has 1 aliphatic heterocycles. The van der Waals surface area contributed by atoms with Gasteiger partial charge in [0.15, 0.2) is 0 Å². The molecule has 0 aliphatic carbocycles. The molecule has 1 saturated heterocycles. The Morgan fingerprint density at radius 3 is 2.65 bits per heavy atom. The number of aryl methyl sites for hydroxylation is 1. The van der Waals surface area contributed by atoms with Gasteiger partial charge >= 0.3 is 12.3 Å². The number of amides is 1. The van der Waals surface area contributed by atoms with Crippen molar-refractivity contribution in [1.29, 1.82) is 0 Å². The van der Waals surface area contributed by atoms with Crippen LogP contribution in [0.2, 0.25) is 0 Å². The number of hydrogen-bond acceptors (Lipinski definition) is 2. The summed E-state index contributed by atoms with van der Waals surface area (Å²) >= 11 is 0. The lowest BCUT2D eigenvalue weighted by molar-refractivity contribution is -0.137. The maximum Gasteiger partial charge on any atom is 0.416 e.